The number of carbonyl (C=O) groups is 1. The summed E-state index contributed by atoms with van der Waals surface area (Å²) in [6.45, 7) is 1.95. The van der Waals surface area contributed by atoms with Crippen LogP contribution in [0.4, 0.5) is 0 Å². The van der Waals surface area contributed by atoms with Gasteiger partial charge in [0.15, 0.2) is 0 Å². The largest absolute Gasteiger partial charge is 0.390 e. The van der Waals surface area contributed by atoms with E-state index in [1.165, 1.54) is 0 Å². The summed E-state index contributed by atoms with van der Waals surface area (Å²) in [6, 6.07) is 11.2. The van der Waals surface area contributed by atoms with Crippen LogP contribution in [0.25, 0.3) is 0 Å². The first-order valence-corrected chi connectivity index (χ1v) is 6.77. The third-order valence-corrected chi connectivity index (χ3v) is 4.10. The molecule has 1 heterocycles. The number of aliphatic hydroxyl groups is 1. The second-order valence-electron chi connectivity index (χ2n) is 5.34. The van der Waals surface area contributed by atoms with Gasteiger partial charge in [0.1, 0.15) is 5.69 Å². The molecule has 4 nitrogen and oxygen atoms in total. The number of rotatable bonds is 2. The molecule has 1 aromatic carbocycles. The Morgan fingerprint density at radius 2 is 2.05 bits per heavy atom. The van der Waals surface area contributed by atoms with Gasteiger partial charge in [0, 0.05) is 19.2 Å². The minimum absolute atomic E-state index is 0.152. The Kier molecular flexibility index (Phi) is 3.10. The molecule has 2 N–H and O–H groups in total. The van der Waals surface area contributed by atoms with E-state index >= 15 is 0 Å². The molecule has 0 bridgehead atoms. The van der Waals surface area contributed by atoms with Crippen LogP contribution in [0.2, 0.25) is 0 Å². The lowest BCUT2D eigenvalue weighted by molar-refractivity contribution is 0.0850. The summed E-state index contributed by atoms with van der Waals surface area (Å²) in [5.41, 5.74) is 3.76. The van der Waals surface area contributed by atoms with Crippen LogP contribution in [0.1, 0.15) is 33.4 Å². The number of aromatic nitrogens is 1. The molecule has 4 heteroatoms. The molecule has 2 aromatic rings. The Bertz CT molecular complexity index is 660. The zero-order valence-electron chi connectivity index (χ0n) is 11.6. The Labute approximate surface area is 118 Å². The van der Waals surface area contributed by atoms with Crippen LogP contribution >= 0.6 is 0 Å². The van der Waals surface area contributed by atoms with Crippen LogP contribution in [-0.2, 0) is 13.5 Å². The predicted octanol–water partition coefficient (Wildman–Crippen LogP) is 1.72. The second-order valence-corrected chi connectivity index (χ2v) is 5.34. The molecular weight excluding hydrogens is 252 g/mol. The van der Waals surface area contributed by atoms with E-state index in [0.717, 1.165) is 16.8 Å². The normalized spacial score (nSPS) is 20.8. The Morgan fingerprint density at radius 3 is 2.75 bits per heavy atom. The maximum Gasteiger partial charge on any atom is 0.268 e. The molecule has 2 atom stereocenters. The molecule has 1 aliphatic carbocycles. The number of amides is 1. The van der Waals surface area contributed by atoms with Gasteiger partial charge in [-0.25, -0.2) is 0 Å². The van der Waals surface area contributed by atoms with Crippen molar-refractivity contribution in [3.8, 4) is 0 Å². The highest BCUT2D eigenvalue weighted by Crippen LogP contribution is 2.31. The Balaban J connectivity index is 1.85. The summed E-state index contributed by atoms with van der Waals surface area (Å²) >= 11 is 0. The first-order chi connectivity index (χ1) is 9.58. The highest BCUT2D eigenvalue weighted by molar-refractivity contribution is 5.93. The molecule has 1 amide bonds. The van der Waals surface area contributed by atoms with Gasteiger partial charge in [0.05, 0.1) is 12.1 Å². The molecule has 0 saturated heterocycles. The van der Waals surface area contributed by atoms with E-state index in [-0.39, 0.29) is 11.9 Å². The molecule has 0 radical (unpaired) electrons. The van der Waals surface area contributed by atoms with E-state index in [9.17, 15) is 9.90 Å². The lowest BCUT2D eigenvalue weighted by Crippen LogP contribution is -2.34. The van der Waals surface area contributed by atoms with E-state index in [1.54, 1.807) is 6.07 Å². The summed E-state index contributed by atoms with van der Waals surface area (Å²) in [5.74, 6) is -0.152. The number of benzene rings is 1. The minimum Gasteiger partial charge on any atom is -0.390 e. The van der Waals surface area contributed by atoms with E-state index in [1.807, 2.05) is 48.9 Å². The smallest absolute Gasteiger partial charge is 0.268 e. The number of nitrogens with one attached hydrogen (secondary N) is 1. The van der Waals surface area contributed by atoms with Crippen molar-refractivity contribution < 1.29 is 9.90 Å². The lowest BCUT2D eigenvalue weighted by atomic mass is 10.1. The summed E-state index contributed by atoms with van der Waals surface area (Å²) < 4.78 is 1.85. The molecule has 3 rings (SSSR count). The van der Waals surface area contributed by atoms with Crippen molar-refractivity contribution in [2.24, 2.45) is 7.05 Å². The third kappa shape index (κ3) is 2.02. The molecule has 1 aliphatic rings. The molecule has 104 valence electrons. The van der Waals surface area contributed by atoms with E-state index in [0.29, 0.717) is 12.1 Å². The lowest BCUT2D eigenvalue weighted by Gasteiger charge is -2.18. The molecule has 20 heavy (non-hydrogen) atoms. The maximum absolute atomic E-state index is 12.3. The van der Waals surface area contributed by atoms with Crippen LogP contribution in [0.3, 0.4) is 0 Å². The highest BCUT2D eigenvalue weighted by Gasteiger charge is 2.32. The summed E-state index contributed by atoms with van der Waals surface area (Å²) in [5, 5.41) is 13.1. The van der Waals surface area contributed by atoms with Crippen LogP contribution in [0.5, 0.6) is 0 Å². The monoisotopic (exact) mass is 270 g/mol. The van der Waals surface area contributed by atoms with Crippen LogP contribution in [-0.4, -0.2) is 21.7 Å². The number of nitrogens with zero attached hydrogens (tertiary/aromatic N) is 1. The highest BCUT2D eigenvalue weighted by atomic mass is 16.3. The van der Waals surface area contributed by atoms with Crippen molar-refractivity contribution in [2.75, 3.05) is 0 Å². The van der Waals surface area contributed by atoms with E-state index in [2.05, 4.69) is 5.32 Å². The molecule has 0 unspecified atom stereocenters. The fourth-order valence-corrected chi connectivity index (χ4v) is 2.80. The van der Waals surface area contributed by atoms with Crippen molar-refractivity contribution in [3.63, 3.8) is 0 Å². The van der Waals surface area contributed by atoms with Crippen molar-refractivity contribution >= 4 is 5.91 Å². The molecule has 1 aromatic heterocycles. The summed E-state index contributed by atoms with van der Waals surface area (Å²) in [6.07, 6.45) is 0.0329. The fraction of sp³-hybridized carbons (Fsp3) is 0.312. The van der Waals surface area contributed by atoms with Gasteiger partial charge in [0.2, 0.25) is 0 Å². The molecular formula is C16H18N2O2. The van der Waals surface area contributed by atoms with Gasteiger partial charge >= 0.3 is 0 Å². The van der Waals surface area contributed by atoms with Gasteiger partial charge in [-0.05, 0) is 30.2 Å². The zero-order valence-corrected chi connectivity index (χ0v) is 11.6. The van der Waals surface area contributed by atoms with Gasteiger partial charge in [-0.15, -0.1) is 0 Å². The quantitative estimate of drug-likeness (QED) is 0.873. The molecule has 0 fully saturated rings. The topological polar surface area (TPSA) is 54.3 Å². The molecule has 0 spiro atoms. The van der Waals surface area contributed by atoms with Gasteiger partial charge in [-0.1, -0.05) is 24.3 Å². The number of fused-ring (bicyclic) bond motifs is 1. The Hall–Kier alpha value is -2.07. The number of aliphatic hydroxyl groups excluding tert-OH is 1. The fourth-order valence-electron chi connectivity index (χ4n) is 2.80. The van der Waals surface area contributed by atoms with Gasteiger partial charge < -0.3 is 15.0 Å². The maximum atomic E-state index is 12.3. The zero-order chi connectivity index (χ0) is 14.3. The van der Waals surface area contributed by atoms with Crippen LogP contribution in [0, 0.1) is 6.92 Å². The van der Waals surface area contributed by atoms with Crippen molar-refractivity contribution in [1.82, 2.24) is 9.88 Å². The van der Waals surface area contributed by atoms with Gasteiger partial charge in [-0.3, -0.25) is 4.79 Å². The summed E-state index contributed by atoms with van der Waals surface area (Å²) in [4.78, 5) is 12.3. The standard InChI is InChI=1S/C16H18N2O2/c1-10-7-8-13(18(10)2)16(20)17-15-12-6-4-3-5-11(12)9-14(15)19/h3-8,14-15,19H,9H2,1-2H3,(H,17,20)/t14-,15+/m0/s1. The number of hydrogen-bond donors (Lipinski definition) is 2. The Morgan fingerprint density at radius 1 is 1.30 bits per heavy atom. The average Bonchev–Trinajstić information content (AvgIpc) is 2.92. The van der Waals surface area contributed by atoms with E-state index < -0.39 is 6.10 Å². The SMILES string of the molecule is Cc1ccc(C(=O)N[C@@H]2c3ccccc3C[C@@H]2O)n1C. The first-order valence-electron chi connectivity index (χ1n) is 6.77. The average molecular weight is 270 g/mol. The molecule has 0 saturated carbocycles. The predicted molar refractivity (Wildman–Crippen MR) is 76.5 cm³/mol. The summed E-state index contributed by atoms with van der Waals surface area (Å²) in [7, 11) is 1.86. The second kappa shape index (κ2) is 4.80. The van der Waals surface area contributed by atoms with Crippen LogP contribution in [0.15, 0.2) is 36.4 Å². The van der Waals surface area contributed by atoms with Crippen LogP contribution < -0.4 is 5.32 Å². The number of hydrogen-bond acceptors (Lipinski definition) is 2. The molecule has 0 aliphatic heterocycles. The minimum atomic E-state index is -0.558. The van der Waals surface area contributed by atoms with Gasteiger partial charge in [-0.2, -0.15) is 0 Å². The number of carbonyl (C=O) groups excluding carboxylic acids is 1. The van der Waals surface area contributed by atoms with Gasteiger partial charge in [0.25, 0.3) is 5.91 Å². The van der Waals surface area contributed by atoms with Crippen molar-refractivity contribution in [2.45, 2.75) is 25.5 Å². The third-order valence-electron chi connectivity index (χ3n) is 4.10. The van der Waals surface area contributed by atoms with Crippen molar-refractivity contribution in [1.29, 1.82) is 0 Å². The first kappa shape index (κ1) is 12.9. The number of aryl methyl sites for hydroxylation is 1. The van der Waals surface area contributed by atoms with E-state index in [4.69, 9.17) is 0 Å². The van der Waals surface area contributed by atoms with Crippen molar-refractivity contribution in [3.05, 3.63) is 58.9 Å².